The highest BCUT2D eigenvalue weighted by Crippen LogP contribution is 2.58. The summed E-state index contributed by atoms with van der Waals surface area (Å²) in [5.74, 6) is 0. The molecule has 0 aromatic rings. The Morgan fingerprint density at radius 3 is 1.63 bits per heavy atom. The lowest BCUT2D eigenvalue weighted by atomic mass is 9.78. The smallest absolute Gasteiger partial charge is 0.170 e. The third-order valence-electron chi connectivity index (χ3n) is 2.50. The number of hydrogen-bond donors (Lipinski definition) is 0. The molecule has 0 aromatic heterocycles. The van der Waals surface area contributed by atoms with Crippen molar-refractivity contribution in [3.63, 3.8) is 0 Å². The Bertz CT molecular complexity index is 406. The quantitative estimate of drug-likeness (QED) is 0.515. The van der Waals surface area contributed by atoms with Gasteiger partial charge in [0, 0.05) is 6.42 Å². The molecule has 0 N–H and O–H groups in total. The van der Waals surface area contributed by atoms with E-state index in [0.29, 0.717) is 0 Å². The maximum atomic E-state index is 12.6. The van der Waals surface area contributed by atoms with Crippen LogP contribution in [0.3, 0.4) is 0 Å². The second-order valence-electron chi connectivity index (χ2n) is 3.83. The van der Waals surface area contributed by atoms with E-state index in [1.807, 2.05) is 0 Å². The lowest BCUT2D eigenvalue weighted by Gasteiger charge is -2.37. The van der Waals surface area contributed by atoms with Gasteiger partial charge in [-0.1, -0.05) is 15.9 Å². The van der Waals surface area contributed by atoms with Gasteiger partial charge in [-0.15, -0.1) is 0 Å². The van der Waals surface area contributed by atoms with Gasteiger partial charge in [-0.2, -0.15) is 39.5 Å². The number of rotatable bonds is 0. The summed E-state index contributed by atoms with van der Waals surface area (Å²) in [6, 6.07) is 0. The van der Waals surface area contributed by atoms with Crippen molar-refractivity contribution >= 4 is 15.9 Å². The van der Waals surface area contributed by atoms with Crippen molar-refractivity contribution in [2.45, 2.75) is 24.9 Å². The zero-order valence-electron chi connectivity index (χ0n) is 8.64. The first-order chi connectivity index (χ1) is 8.21. The van der Waals surface area contributed by atoms with Gasteiger partial charge in [0.2, 0.25) is 0 Å². The molecule has 0 spiro atoms. The van der Waals surface area contributed by atoms with Crippen LogP contribution in [0, 0.1) is 5.41 Å². The molecule has 1 aliphatic carbocycles. The molecule has 1 aliphatic rings. The van der Waals surface area contributed by atoms with E-state index < -0.39 is 46.5 Å². The van der Waals surface area contributed by atoms with E-state index in [2.05, 4.69) is 15.9 Å². The summed E-state index contributed by atoms with van der Waals surface area (Å²) in [5.41, 5.74) is -6.53. The Hall–Kier alpha value is -0.670. The van der Waals surface area contributed by atoms with Gasteiger partial charge in [0.25, 0.3) is 0 Å². The summed E-state index contributed by atoms with van der Waals surface area (Å²) < 4.78 is 112. The van der Waals surface area contributed by atoms with E-state index in [9.17, 15) is 39.5 Å². The minimum Gasteiger partial charge on any atom is -0.170 e. The topological polar surface area (TPSA) is 0 Å². The lowest BCUT2D eigenvalue weighted by Crippen LogP contribution is -2.50. The van der Waals surface area contributed by atoms with Crippen LogP contribution in [0.1, 0.15) is 6.42 Å². The van der Waals surface area contributed by atoms with Gasteiger partial charge in [0.1, 0.15) is 0 Å². The number of allylic oxidation sites excluding steroid dienone is 4. The molecular weight excluding hydrogens is 359 g/mol. The fourth-order valence-electron chi connectivity index (χ4n) is 1.53. The summed E-state index contributed by atoms with van der Waals surface area (Å²) in [6.45, 7) is 0. The zero-order chi connectivity index (χ0) is 15.3. The molecule has 0 aromatic carbocycles. The summed E-state index contributed by atoms with van der Waals surface area (Å²) in [5, 5.41) is 0. The third-order valence-corrected chi connectivity index (χ3v) is 3.01. The van der Waals surface area contributed by atoms with E-state index in [1.165, 1.54) is 0 Å². The van der Waals surface area contributed by atoms with Crippen LogP contribution < -0.4 is 0 Å². The Kier molecular flexibility index (Phi) is 3.81. The molecule has 0 amide bonds. The van der Waals surface area contributed by atoms with Crippen LogP contribution in [0.15, 0.2) is 22.2 Å². The van der Waals surface area contributed by atoms with Gasteiger partial charge < -0.3 is 0 Å². The van der Waals surface area contributed by atoms with Gasteiger partial charge in [-0.05, 0) is 16.6 Å². The van der Waals surface area contributed by atoms with E-state index in [4.69, 9.17) is 0 Å². The predicted octanol–water partition coefficient (Wildman–Crippen LogP) is 5.27. The fourth-order valence-corrected chi connectivity index (χ4v) is 2.22. The number of hydrogen-bond acceptors (Lipinski definition) is 0. The molecule has 19 heavy (non-hydrogen) atoms. The highest BCUT2D eigenvalue weighted by Gasteiger charge is 2.70. The normalized spacial score (nSPS) is 20.9. The molecule has 0 atom stereocenters. The molecule has 0 saturated carbocycles. The third kappa shape index (κ3) is 2.92. The van der Waals surface area contributed by atoms with Gasteiger partial charge in [-0.3, -0.25) is 0 Å². The van der Waals surface area contributed by atoms with Gasteiger partial charge >= 0.3 is 18.5 Å². The Labute approximate surface area is 109 Å². The van der Waals surface area contributed by atoms with E-state index in [-0.39, 0.29) is 6.08 Å². The minimum absolute atomic E-state index is 0.204. The van der Waals surface area contributed by atoms with Gasteiger partial charge in [0.05, 0.1) is 5.57 Å². The fraction of sp³-hybridized carbons (Fsp3) is 0.556. The number of alkyl halides is 9. The summed E-state index contributed by atoms with van der Waals surface area (Å²) in [4.78, 5) is 0. The predicted molar refractivity (Wildman–Crippen MR) is 50.3 cm³/mol. The molecule has 0 aliphatic heterocycles. The minimum atomic E-state index is -5.89. The summed E-state index contributed by atoms with van der Waals surface area (Å²) in [7, 11) is 0. The molecule has 0 heterocycles. The molecule has 1 rings (SSSR count). The Morgan fingerprint density at radius 1 is 0.895 bits per heavy atom. The van der Waals surface area contributed by atoms with Crippen molar-refractivity contribution in [1.82, 2.24) is 0 Å². The van der Waals surface area contributed by atoms with Gasteiger partial charge in [0.15, 0.2) is 5.41 Å². The second-order valence-corrected chi connectivity index (χ2v) is 4.85. The first-order valence-electron chi connectivity index (χ1n) is 4.50. The summed E-state index contributed by atoms with van der Waals surface area (Å²) in [6.07, 6.45) is -19.3. The van der Waals surface area contributed by atoms with Crippen molar-refractivity contribution in [1.29, 1.82) is 0 Å². The number of halogens is 10. The molecule has 0 saturated heterocycles. The molecule has 0 radical (unpaired) electrons. The standard InChI is InChI=1S/C9H4BrF9/c10-5-1-4(7(11,12)13)2-6(3-5,8(14,15)16)9(17,18)19/h1-2H,3H2. The Morgan fingerprint density at radius 2 is 1.32 bits per heavy atom. The van der Waals surface area contributed by atoms with Crippen LogP contribution in [0.5, 0.6) is 0 Å². The maximum absolute atomic E-state index is 12.6. The summed E-state index contributed by atoms with van der Waals surface area (Å²) >= 11 is 2.30. The van der Waals surface area contributed by atoms with Crippen LogP contribution in [0.2, 0.25) is 0 Å². The molecule has 0 bridgehead atoms. The van der Waals surface area contributed by atoms with E-state index in [0.717, 1.165) is 0 Å². The first-order valence-corrected chi connectivity index (χ1v) is 5.29. The monoisotopic (exact) mass is 362 g/mol. The second kappa shape index (κ2) is 4.42. The zero-order valence-corrected chi connectivity index (χ0v) is 10.2. The lowest BCUT2D eigenvalue weighted by molar-refractivity contribution is -0.321. The van der Waals surface area contributed by atoms with Crippen molar-refractivity contribution in [3.8, 4) is 0 Å². The molecule has 10 heteroatoms. The van der Waals surface area contributed by atoms with Crippen molar-refractivity contribution in [3.05, 3.63) is 22.2 Å². The highest BCUT2D eigenvalue weighted by molar-refractivity contribution is 9.11. The van der Waals surface area contributed by atoms with Crippen molar-refractivity contribution in [2.75, 3.05) is 0 Å². The van der Waals surface area contributed by atoms with Crippen molar-refractivity contribution < 1.29 is 39.5 Å². The van der Waals surface area contributed by atoms with E-state index >= 15 is 0 Å². The van der Waals surface area contributed by atoms with Crippen LogP contribution in [-0.2, 0) is 0 Å². The van der Waals surface area contributed by atoms with Crippen molar-refractivity contribution in [2.24, 2.45) is 5.41 Å². The van der Waals surface area contributed by atoms with Gasteiger partial charge in [-0.25, -0.2) is 0 Å². The first kappa shape index (κ1) is 16.4. The van der Waals surface area contributed by atoms with Crippen LogP contribution >= 0.6 is 15.9 Å². The molecule has 0 fully saturated rings. The van der Waals surface area contributed by atoms with Crippen LogP contribution in [0.25, 0.3) is 0 Å². The maximum Gasteiger partial charge on any atom is 0.416 e. The van der Waals surface area contributed by atoms with Crippen LogP contribution in [-0.4, -0.2) is 18.5 Å². The highest BCUT2D eigenvalue weighted by atomic mass is 79.9. The Balaban J connectivity index is 3.53. The molecule has 0 nitrogen and oxygen atoms in total. The average Bonchev–Trinajstić information content (AvgIpc) is 2.11. The molecule has 0 unspecified atom stereocenters. The van der Waals surface area contributed by atoms with Crippen LogP contribution in [0.4, 0.5) is 39.5 Å². The van der Waals surface area contributed by atoms with E-state index in [1.54, 1.807) is 0 Å². The SMILES string of the molecule is FC(F)(F)C1=CC(C(F)(F)F)(C(F)(F)F)CC(Br)=C1. The molecule has 110 valence electrons. The largest absolute Gasteiger partial charge is 0.416 e. The average molecular weight is 363 g/mol. The molecular formula is C9H4BrF9.